The van der Waals surface area contributed by atoms with E-state index in [9.17, 15) is 18.4 Å². The first kappa shape index (κ1) is 27.7. The number of hydrogen-bond donors (Lipinski definition) is 3. The van der Waals surface area contributed by atoms with Gasteiger partial charge in [-0.05, 0) is 43.7 Å². The number of ether oxygens (including phenoxy) is 1. The molecule has 2 amide bonds. The molecule has 0 aliphatic carbocycles. The number of carbonyl (C=O) groups excluding carboxylic acids is 2. The molecule has 42 heavy (non-hydrogen) atoms. The number of imidazole rings is 1. The Bertz CT molecular complexity index is 1580. The van der Waals surface area contributed by atoms with Crippen LogP contribution in [-0.2, 0) is 14.3 Å². The van der Waals surface area contributed by atoms with Crippen LogP contribution in [0.15, 0.2) is 54.6 Å². The fourth-order valence-electron chi connectivity index (χ4n) is 5.15. The van der Waals surface area contributed by atoms with Gasteiger partial charge in [-0.15, -0.1) is 0 Å². The van der Waals surface area contributed by atoms with Gasteiger partial charge in [-0.2, -0.15) is 4.98 Å². The molecule has 2 aromatic heterocycles. The molecule has 0 saturated carbocycles. The van der Waals surface area contributed by atoms with E-state index < -0.39 is 12.2 Å². The van der Waals surface area contributed by atoms with Crippen LogP contribution in [0.3, 0.4) is 0 Å². The molecular formula is C29H30F2N8O3. The van der Waals surface area contributed by atoms with Crippen molar-refractivity contribution in [3.63, 3.8) is 0 Å². The molecule has 3 N–H and O–H groups in total. The minimum Gasteiger partial charge on any atom is -0.378 e. The Kier molecular flexibility index (Phi) is 8.02. The van der Waals surface area contributed by atoms with Crippen LogP contribution in [0.25, 0.3) is 28.2 Å². The van der Waals surface area contributed by atoms with Gasteiger partial charge in [0.1, 0.15) is 5.82 Å². The number of amides is 2. The van der Waals surface area contributed by atoms with Gasteiger partial charge in [0.2, 0.25) is 17.8 Å². The lowest BCUT2D eigenvalue weighted by molar-refractivity contribution is -0.125. The molecule has 2 aliphatic rings. The molecule has 4 heterocycles. The van der Waals surface area contributed by atoms with Crippen LogP contribution in [0.5, 0.6) is 0 Å². The normalized spacial score (nSPS) is 17.1. The van der Waals surface area contributed by atoms with Gasteiger partial charge in [-0.25, -0.2) is 18.7 Å². The number of nitrogens with one attached hydrogen (secondary N) is 3. The fourth-order valence-corrected chi connectivity index (χ4v) is 5.15. The molecule has 2 saturated heterocycles. The van der Waals surface area contributed by atoms with E-state index in [1.54, 1.807) is 48.5 Å². The first-order chi connectivity index (χ1) is 20.5. The molecule has 0 spiro atoms. The van der Waals surface area contributed by atoms with Crippen molar-refractivity contribution in [1.82, 2.24) is 30.2 Å². The molecule has 2 aromatic carbocycles. The zero-order valence-electron chi connectivity index (χ0n) is 22.7. The SMILES string of the molecule is O=C(CNC(=O)[C@@H]1CCCN1)Nc1ccc(-c2cc(N3CCOCC3)nc(-n3c(C(F)F)nc4ccccc43)n2)cc1. The third kappa shape index (κ3) is 5.92. The maximum Gasteiger partial charge on any atom is 0.296 e. The van der Waals surface area contributed by atoms with Gasteiger partial charge in [-0.1, -0.05) is 24.3 Å². The number of para-hydroxylation sites is 2. The predicted octanol–water partition coefficient (Wildman–Crippen LogP) is 3.06. The number of nitrogens with zero attached hydrogens (tertiary/aromatic N) is 5. The van der Waals surface area contributed by atoms with Crippen LogP contribution in [0.1, 0.15) is 25.1 Å². The quantitative estimate of drug-likeness (QED) is 0.292. The Labute approximate surface area is 240 Å². The molecule has 2 fully saturated rings. The van der Waals surface area contributed by atoms with E-state index in [2.05, 4.69) is 20.9 Å². The van der Waals surface area contributed by atoms with Crippen LogP contribution in [0.4, 0.5) is 20.3 Å². The minimum absolute atomic E-state index is 0.0860. The summed E-state index contributed by atoms with van der Waals surface area (Å²) in [5.41, 5.74) is 2.67. The topological polar surface area (TPSA) is 126 Å². The van der Waals surface area contributed by atoms with E-state index in [0.717, 1.165) is 19.4 Å². The standard InChI is InChI=1S/C29H30F2N8O3/c30-26(31)27-35-20-4-1-2-6-23(20)39(27)29-36-22(16-24(37-29)38-12-14-42-15-13-38)18-7-9-19(10-8-18)34-25(40)17-33-28(41)21-5-3-11-32-21/h1-2,4,6-10,16,21,26,32H,3,5,11-15,17H2,(H,33,41)(H,34,40)/t21-/m0/s1. The van der Waals surface area contributed by atoms with Gasteiger partial charge < -0.3 is 25.6 Å². The summed E-state index contributed by atoms with van der Waals surface area (Å²) >= 11 is 0. The van der Waals surface area contributed by atoms with Crippen molar-refractivity contribution in [1.29, 1.82) is 0 Å². The average Bonchev–Trinajstić information content (AvgIpc) is 3.70. The van der Waals surface area contributed by atoms with E-state index in [1.807, 2.05) is 11.0 Å². The van der Waals surface area contributed by atoms with E-state index in [4.69, 9.17) is 14.7 Å². The zero-order chi connectivity index (χ0) is 29.1. The van der Waals surface area contributed by atoms with Crippen LogP contribution >= 0.6 is 0 Å². The van der Waals surface area contributed by atoms with Gasteiger partial charge in [-0.3, -0.25) is 14.2 Å². The molecule has 1 atom stereocenters. The summed E-state index contributed by atoms with van der Waals surface area (Å²) in [4.78, 5) is 40.2. The smallest absolute Gasteiger partial charge is 0.296 e. The summed E-state index contributed by atoms with van der Waals surface area (Å²) in [6, 6.07) is 15.5. The highest BCUT2D eigenvalue weighted by molar-refractivity contribution is 5.95. The molecule has 0 radical (unpaired) electrons. The molecule has 13 heteroatoms. The summed E-state index contributed by atoms with van der Waals surface area (Å²) in [6.07, 6.45) is -1.14. The fraction of sp³-hybridized carbons (Fsp3) is 0.345. The molecule has 0 unspecified atom stereocenters. The predicted molar refractivity (Wildman–Crippen MR) is 153 cm³/mol. The van der Waals surface area contributed by atoms with E-state index >= 15 is 0 Å². The number of hydrogen-bond acceptors (Lipinski definition) is 8. The lowest BCUT2D eigenvalue weighted by Gasteiger charge is -2.28. The highest BCUT2D eigenvalue weighted by Gasteiger charge is 2.24. The number of rotatable bonds is 8. The Balaban J connectivity index is 1.28. The van der Waals surface area contributed by atoms with Crippen molar-refractivity contribution in [2.75, 3.05) is 49.6 Å². The maximum absolute atomic E-state index is 14.1. The van der Waals surface area contributed by atoms with E-state index in [0.29, 0.717) is 60.1 Å². The molecular weight excluding hydrogens is 546 g/mol. The first-order valence-electron chi connectivity index (χ1n) is 13.9. The number of halogens is 2. The molecule has 4 aromatic rings. The maximum atomic E-state index is 14.1. The van der Waals surface area contributed by atoms with Crippen molar-refractivity contribution in [3.8, 4) is 17.2 Å². The molecule has 218 valence electrons. The van der Waals surface area contributed by atoms with Gasteiger partial charge in [0.05, 0.1) is 42.5 Å². The molecule has 11 nitrogen and oxygen atoms in total. The number of morpholine rings is 1. The second-order valence-corrected chi connectivity index (χ2v) is 10.1. The average molecular weight is 577 g/mol. The van der Waals surface area contributed by atoms with Crippen LogP contribution in [0, 0.1) is 0 Å². The molecule has 6 rings (SSSR count). The van der Waals surface area contributed by atoms with Crippen molar-refractivity contribution < 1.29 is 23.1 Å². The molecule has 2 aliphatic heterocycles. The van der Waals surface area contributed by atoms with E-state index in [1.165, 1.54) is 4.57 Å². The highest BCUT2D eigenvalue weighted by atomic mass is 19.3. The van der Waals surface area contributed by atoms with Crippen molar-refractivity contribution in [3.05, 3.63) is 60.4 Å². The summed E-state index contributed by atoms with van der Waals surface area (Å²) < 4.78 is 35.0. The number of benzene rings is 2. The Morgan fingerprint density at radius 3 is 2.57 bits per heavy atom. The number of aromatic nitrogens is 4. The summed E-state index contributed by atoms with van der Waals surface area (Å²) in [5, 5.41) is 8.54. The van der Waals surface area contributed by atoms with Crippen LogP contribution in [0.2, 0.25) is 0 Å². The second kappa shape index (κ2) is 12.2. The monoisotopic (exact) mass is 576 g/mol. The van der Waals surface area contributed by atoms with Gasteiger partial charge in [0.25, 0.3) is 6.43 Å². The van der Waals surface area contributed by atoms with Gasteiger partial charge in [0, 0.05) is 30.4 Å². The summed E-state index contributed by atoms with van der Waals surface area (Å²) in [7, 11) is 0. The Morgan fingerprint density at radius 2 is 1.83 bits per heavy atom. The lowest BCUT2D eigenvalue weighted by Crippen LogP contribution is -2.43. The first-order valence-corrected chi connectivity index (χ1v) is 13.9. The van der Waals surface area contributed by atoms with Crippen molar-refractivity contribution in [2.45, 2.75) is 25.3 Å². The molecule has 0 bridgehead atoms. The Morgan fingerprint density at radius 1 is 1.05 bits per heavy atom. The second-order valence-electron chi connectivity index (χ2n) is 10.1. The number of alkyl halides is 2. The van der Waals surface area contributed by atoms with Crippen LogP contribution in [-0.4, -0.2) is 76.8 Å². The van der Waals surface area contributed by atoms with Crippen molar-refractivity contribution in [2.24, 2.45) is 0 Å². The summed E-state index contributed by atoms with van der Waals surface area (Å²) in [6.45, 7) is 2.90. The van der Waals surface area contributed by atoms with Crippen molar-refractivity contribution >= 4 is 34.4 Å². The highest BCUT2D eigenvalue weighted by Crippen LogP contribution is 2.30. The number of anilines is 2. The van der Waals surface area contributed by atoms with Gasteiger partial charge >= 0.3 is 0 Å². The number of carbonyl (C=O) groups is 2. The number of fused-ring (bicyclic) bond motifs is 1. The third-order valence-corrected chi connectivity index (χ3v) is 7.28. The third-order valence-electron chi connectivity index (χ3n) is 7.28. The van der Waals surface area contributed by atoms with Gasteiger partial charge in [0.15, 0.2) is 5.82 Å². The largest absolute Gasteiger partial charge is 0.378 e. The Hall–Kier alpha value is -4.49. The summed E-state index contributed by atoms with van der Waals surface area (Å²) in [5.74, 6) is -0.298. The van der Waals surface area contributed by atoms with E-state index in [-0.39, 0.29) is 30.3 Å². The van der Waals surface area contributed by atoms with Crippen LogP contribution < -0.4 is 20.9 Å². The lowest BCUT2D eigenvalue weighted by atomic mass is 10.1. The minimum atomic E-state index is -2.83. The zero-order valence-corrected chi connectivity index (χ0v) is 22.7.